The van der Waals surface area contributed by atoms with Crippen LogP contribution in [0.1, 0.15) is 96.4 Å². The third kappa shape index (κ3) is 9.64. The van der Waals surface area contributed by atoms with Crippen LogP contribution < -0.4 is 5.11 Å². The van der Waals surface area contributed by atoms with Crippen LogP contribution in [0, 0.1) is 0 Å². The number of phenols is 2. The first-order valence-corrected chi connectivity index (χ1v) is 12.6. The van der Waals surface area contributed by atoms with E-state index in [1.54, 1.807) is 12.4 Å². The molecule has 1 fully saturated rings. The van der Waals surface area contributed by atoms with Crippen molar-refractivity contribution >= 4 is 18.4 Å². The summed E-state index contributed by atoms with van der Waals surface area (Å²) in [7, 11) is 0. The van der Waals surface area contributed by atoms with Gasteiger partial charge < -0.3 is 20.1 Å². The minimum atomic E-state index is -1.08. The zero-order valence-electron chi connectivity index (χ0n) is 23.1. The number of carbonyl (C=O) groups is 1. The molecule has 37 heavy (non-hydrogen) atoms. The number of aromatic hydroxyl groups is 2. The van der Waals surface area contributed by atoms with Crippen LogP contribution in [0.25, 0.3) is 0 Å². The summed E-state index contributed by atoms with van der Waals surface area (Å²) < 4.78 is 0. The Morgan fingerprint density at radius 2 is 1.14 bits per heavy atom. The largest absolute Gasteiger partial charge is 0.550 e. The number of carbonyl (C=O) groups excluding carboxylic acids is 1. The SMILES string of the molecule is CC(=O)[O-].CC(C)(C)c1cccc(C=NC2CCCCC2N=Cc2cccc(C(C)(C)C)c2O)c1O.[Mn]. The van der Waals surface area contributed by atoms with Gasteiger partial charge >= 0.3 is 0 Å². The Labute approximate surface area is 232 Å². The molecule has 2 N–H and O–H groups in total. The molecule has 7 heteroatoms. The van der Waals surface area contributed by atoms with Crippen LogP contribution in [0.4, 0.5) is 0 Å². The molecule has 1 aliphatic carbocycles. The van der Waals surface area contributed by atoms with Crippen LogP contribution in [0.2, 0.25) is 0 Å². The van der Waals surface area contributed by atoms with Gasteiger partial charge in [-0.3, -0.25) is 9.98 Å². The van der Waals surface area contributed by atoms with Crippen molar-refractivity contribution in [2.75, 3.05) is 0 Å². The van der Waals surface area contributed by atoms with Crippen molar-refractivity contribution in [3.8, 4) is 11.5 Å². The Bertz CT molecular complexity index is 1010. The molecule has 0 heterocycles. The van der Waals surface area contributed by atoms with Crippen molar-refractivity contribution < 1.29 is 37.2 Å². The molecule has 0 bridgehead atoms. The molecule has 1 radical (unpaired) electrons. The first-order valence-electron chi connectivity index (χ1n) is 12.6. The number of para-hydroxylation sites is 2. The van der Waals surface area contributed by atoms with E-state index in [-0.39, 0.29) is 40.0 Å². The molecule has 2 atom stereocenters. The Kier molecular flexibility index (Phi) is 12.1. The molecular weight excluding hydrogens is 507 g/mol. The Hall–Kier alpha value is -2.63. The summed E-state index contributed by atoms with van der Waals surface area (Å²) in [5.74, 6) is -0.466. The second-order valence-electron chi connectivity index (χ2n) is 11.5. The zero-order valence-corrected chi connectivity index (χ0v) is 24.3. The monoisotopic (exact) mass is 548 g/mol. The van der Waals surface area contributed by atoms with Gasteiger partial charge in [0.05, 0.1) is 12.1 Å². The Morgan fingerprint density at radius 3 is 1.43 bits per heavy atom. The molecule has 6 nitrogen and oxygen atoms in total. The van der Waals surface area contributed by atoms with Gasteiger partial charge in [0.25, 0.3) is 0 Å². The first kappa shape index (κ1) is 32.4. The van der Waals surface area contributed by atoms with Gasteiger partial charge in [-0.1, -0.05) is 78.6 Å². The van der Waals surface area contributed by atoms with Gasteiger partial charge in [0.2, 0.25) is 0 Å². The molecule has 2 unspecified atom stereocenters. The van der Waals surface area contributed by atoms with Gasteiger partial charge in [0.1, 0.15) is 11.5 Å². The minimum absolute atomic E-state index is 0. The maximum atomic E-state index is 10.7. The van der Waals surface area contributed by atoms with Crippen LogP contribution in [-0.4, -0.2) is 40.7 Å². The average Bonchev–Trinajstić information content (AvgIpc) is 2.76. The number of carboxylic acids is 1. The van der Waals surface area contributed by atoms with Crippen molar-refractivity contribution in [3.63, 3.8) is 0 Å². The summed E-state index contributed by atoms with van der Waals surface area (Å²) in [4.78, 5) is 18.6. The summed E-state index contributed by atoms with van der Waals surface area (Å²) in [6.45, 7) is 13.5. The molecule has 0 spiro atoms. The molecule has 0 saturated heterocycles. The van der Waals surface area contributed by atoms with Gasteiger partial charge in [-0.25, -0.2) is 0 Å². The fourth-order valence-corrected chi connectivity index (χ4v) is 4.33. The molecule has 1 aliphatic rings. The smallest absolute Gasteiger partial charge is 0.128 e. The van der Waals surface area contributed by atoms with Gasteiger partial charge in [-0.2, -0.15) is 0 Å². The van der Waals surface area contributed by atoms with Crippen molar-refractivity contribution in [1.82, 2.24) is 0 Å². The van der Waals surface area contributed by atoms with E-state index in [1.807, 2.05) is 36.4 Å². The molecule has 0 amide bonds. The van der Waals surface area contributed by atoms with Crippen LogP contribution in [0.15, 0.2) is 46.4 Å². The van der Waals surface area contributed by atoms with Crippen molar-refractivity contribution in [2.45, 2.75) is 97.1 Å². The van der Waals surface area contributed by atoms with Gasteiger partial charge in [-0.05, 0) is 53.9 Å². The minimum Gasteiger partial charge on any atom is -0.550 e. The fourth-order valence-electron chi connectivity index (χ4n) is 4.33. The normalized spacial score (nSPS) is 18.2. The van der Waals surface area contributed by atoms with Crippen molar-refractivity contribution in [3.05, 3.63) is 58.7 Å². The molecular formula is C30H41MnN2O4-. The van der Waals surface area contributed by atoms with Crippen LogP contribution in [0.5, 0.6) is 11.5 Å². The number of benzene rings is 2. The standard InChI is InChI=1S/C28H38N2O2.C2H4O2.Mn/c1-27(2,3)21-13-9-11-19(25(21)31)17-29-23-15-7-8-16-24(23)30-18-20-12-10-14-22(26(20)32)28(4,5)6;1-2(3)4;/h9-14,17-18,23-24,31-32H,7-8,15-16H2,1-6H3;1H3,(H,3,4);/p-1. The van der Waals surface area contributed by atoms with Crippen LogP contribution in [0.3, 0.4) is 0 Å². The van der Waals surface area contributed by atoms with Gasteiger partial charge in [0.15, 0.2) is 0 Å². The van der Waals surface area contributed by atoms with Crippen LogP contribution in [-0.2, 0) is 32.7 Å². The van der Waals surface area contributed by atoms with E-state index >= 15 is 0 Å². The molecule has 2 aromatic rings. The molecule has 0 aliphatic heterocycles. The summed E-state index contributed by atoms with van der Waals surface area (Å²) in [6.07, 6.45) is 7.83. The molecule has 3 rings (SSSR count). The maximum Gasteiger partial charge on any atom is 0.128 e. The fraction of sp³-hybridized carbons (Fsp3) is 0.500. The van der Waals surface area contributed by atoms with Crippen molar-refractivity contribution in [2.24, 2.45) is 9.98 Å². The molecule has 203 valence electrons. The second kappa shape index (κ2) is 13.8. The van der Waals surface area contributed by atoms with E-state index in [0.717, 1.165) is 54.9 Å². The van der Waals surface area contributed by atoms with Crippen molar-refractivity contribution in [1.29, 1.82) is 0 Å². The number of aliphatic imine (C=N–C) groups is 2. The van der Waals surface area contributed by atoms with E-state index < -0.39 is 5.97 Å². The van der Waals surface area contributed by atoms with E-state index in [0.29, 0.717) is 11.5 Å². The Balaban J connectivity index is 0.00000127. The zero-order chi connectivity index (χ0) is 27.1. The predicted molar refractivity (Wildman–Crippen MR) is 146 cm³/mol. The number of rotatable bonds is 4. The van der Waals surface area contributed by atoms with E-state index in [9.17, 15) is 10.2 Å². The second-order valence-corrected chi connectivity index (χ2v) is 11.5. The van der Waals surface area contributed by atoms with E-state index in [1.165, 1.54) is 0 Å². The molecule has 1 saturated carbocycles. The van der Waals surface area contributed by atoms with Gasteiger partial charge in [-0.15, -0.1) is 0 Å². The summed E-state index contributed by atoms with van der Waals surface area (Å²) in [5.41, 5.74) is 3.09. The average molecular weight is 549 g/mol. The number of hydrogen-bond acceptors (Lipinski definition) is 6. The van der Waals surface area contributed by atoms with E-state index in [4.69, 9.17) is 19.9 Å². The topological polar surface area (TPSA) is 105 Å². The van der Waals surface area contributed by atoms with Crippen LogP contribution >= 0.6 is 0 Å². The Morgan fingerprint density at radius 1 is 0.811 bits per heavy atom. The summed E-state index contributed by atoms with van der Waals surface area (Å²) >= 11 is 0. The number of hydrogen-bond donors (Lipinski definition) is 2. The summed E-state index contributed by atoms with van der Waals surface area (Å²) in [6, 6.07) is 11.9. The molecule has 2 aromatic carbocycles. The quantitative estimate of drug-likeness (QED) is 0.400. The number of phenolic OH excluding ortho intramolecular Hbond substituents is 2. The first-order chi connectivity index (χ1) is 16.7. The predicted octanol–water partition coefficient (Wildman–Crippen LogP) is 5.30. The number of nitrogens with zero attached hydrogens (tertiary/aromatic N) is 2. The third-order valence-electron chi connectivity index (χ3n) is 6.25. The molecule has 0 aromatic heterocycles. The summed E-state index contributed by atoms with van der Waals surface area (Å²) in [5, 5.41) is 30.4. The van der Waals surface area contributed by atoms with Gasteiger partial charge in [0, 0.05) is 46.6 Å². The third-order valence-corrected chi connectivity index (χ3v) is 6.25. The maximum absolute atomic E-state index is 10.7. The number of aliphatic carboxylic acids is 1. The number of carboxylic acid groups (broad SMARTS) is 1. The van der Waals surface area contributed by atoms with E-state index in [2.05, 4.69) is 41.5 Å².